The highest BCUT2D eigenvalue weighted by Crippen LogP contribution is 2.51. The first-order chi connectivity index (χ1) is 10.4. The summed E-state index contributed by atoms with van der Waals surface area (Å²) in [7, 11) is 0. The van der Waals surface area contributed by atoms with Crippen LogP contribution >= 0.6 is 0 Å². The van der Waals surface area contributed by atoms with Gasteiger partial charge in [0.15, 0.2) is 0 Å². The second-order valence-electron chi connectivity index (χ2n) is 6.87. The summed E-state index contributed by atoms with van der Waals surface area (Å²) >= 11 is 0. The van der Waals surface area contributed by atoms with Crippen LogP contribution < -0.4 is 15.6 Å². The van der Waals surface area contributed by atoms with Crippen molar-refractivity contribution in [3.8, 4) is 17.7 Å². The lowest BCUT2D eigenvalue weighted by Gasteiger charge is -2.45. The Labute approximate surface area is 130 Å². The van der Waals surface area contributed by atoms with Crippen LogP contribution in [0.5, 0.6) is 5.88 Å². The quantitative estimate of drug-likeness (QED) is 0.837. The maximum atomic E-state index is 11.6. The first-order valence-electron chi connectivity index (χ1n) is 7.93. The van der Waals surface area contributed by atoms with Crippen LogP contribution in [0.4, 0.5) is 5.69 Å². The third-order valence-corrected chi connectivity index (χ3v) is 5.16. The predicted octanol–water partition coefficient (Wildman–Crippen LogP) is 2.26. The molecule has 0 unspecified atom stereocenters. The van der Waals surface area contributed by atoms with Crippen LogP contribution in [0.1, 0.15) is 34.1 Å². The third kappa shape index (κ3) is 2.37. The normalized spacial score (nSPS) is 31.3. The van der Waals surface area contributed by atoms with Gasteiger partial charge in [-0.05, 0) is 24.7 Å². The summed E-state index contributed by atoms with van der Waals surface area (Å²) in [5, 5.41) is 9.88. The summed E-state index contributed by atoms with van der Waals surface area (Å²) in [4.78, 5) is 11.6. The van der Waals surface area contributed by atoms with E-state index in [-0.39, 0.29) is 17.0 Å². The van der Waals surface area contributed by atoms with Crippen LogP contribution in [0.15, 0.2) is 10.9 Å². The molecule has 4 atom stereocenters. The van der Waals surface area contributed by atoms with Gasteiger partial charge >= 0.3 is 0 Å². The monoisotopic (exact) mass is 301 g/mol. The Morgan fingerprint density at radius 3 is 3.00 bits per heavy atom. The molecule has 118 valence electrons. The number of H-pyrrole nitrogens is 1. The number of hydrogen-bond acceptors (Lipinski definition) is 4. The standard InChI is InChI=1S/C17H23N3O2/c1-5-22-16-14(9-15(21)19-20-16)18-13-8-11-6-7-12(10(13)2)17(11,3)4/h9-13H,5,8H2,1-4H3,(H2,18,19,21)/t10-,11+,12-,13-/m1/s1. The van der Waals surface area contributed by atoms with Crippen molar-refractivity contribution in [2.75, 3.05) is 11.9 Å². The lowest BCUT2D eigenvalue weighted by atomic mass is 9.60. The van der Waals surface area contributed by atoms with E-state index in [9.17, 15) is 4.79 Å². The maximum absolute atomic E-state index is 11.6. The van der Waals surface area contributed by atoms with Crippen molar-refractivity contribution < 1.29 is 4.74 Å². The van der Waals surface area contributed by atoms with Crippen molar-refractivity contribution in [2.45, 2.75) is 40.2 Å². The van der Waals surface area contributed by atoms with Gasteiger partial charge in [-0.15, -0.1) is 5.10 Å². The van der Waals surface area contributed by atoms with Crippen LogP contribution in [0, 0.1) is 35.0 Å². The molecule has 1 aromatic rings. The van der Waals surface area contributed by atoms with E-state index in [0.29, 0.717) is 35.9 Å². The smallest absolute Gasteiger partial charge is 0.266 e. The largest absolute Gasteiger partial charge is 0.475 e. The molecule has 5 nitrogen and oxygen atoms in total. The first-order valence-corrected chi connectivity index (χ1v) is 7.93. The second-order valence-corrected chi connectivity index (χ2v) is 6.87. The third-order valence-electron chi connectivity index (χ3n) is 5.16. The molecule has 1 heterocycles. The predicted molar refractivity (Wildman–Crippen MR) is 85.8 cm³/mol. The molecule has 0 aliphatic heterocycles. The van der Waals surface area contributed by atoms with Crippen molar-refractivity contribution >= 4 is 5.69 Å². The van der Waals surface area contributed by atoms with Gasteiger partial charge in [0.05, 0.1) is 6.61 Å². The summed E-state index contributed by atoms with van der Waals surface area (Å²) in [5.41, 5.74) is 0.655. The Balaban J connectivity index is 1.83. The zero-order valence-electron chi connectivity index (χ0n) is 13.6. The Morgan fingerprint density at radius 1 is 1.50 bits per heavy atom. The van der Waals surface area contributed by atoms with E-state index in [1.807, 2.05) is 6.92 Å². The van der Waals surface area contributed by atoms with Crippen LogP contribution in [-0.4, -0.2) is 22.8 Å². The number of aromatic nitrogens is 2. The number of hydrogen-bond donors (Lipinski definition) is 2. The van der Waals surface area contributed by atoms with Gasteiger partial charge in [0, 0.05) is 23.9 Å². The fraction of sp³-hybridized carbons (Fsp3) is 0.647. The Kier molecular flexibility index (Phi) is 3.64. The van der Waals surface area contributed by atoms with Gasteiger partial charge in [-0.2, -0.15) is 0 Å². The van der Waals surface area contributed by atoms with Gasteiger partial charge in [-0.1, -0.05) is 32.6 Å². The molecule has 2 bridgehead atoms. The average Bonchev–Trinajstić information content (AvgIpc) is 2.64. The number of anilines is 1. The molecule has 0 aromatic carbocycles. The van der Waals surface area contributed by atoms with Crippen molar-refractivity contribution in [2.24, 2.45) is 23.2 Å². The number of rotatable bonds is 4. The Hall–Kier alpha value is -1.96. The average molecular weight is 301 g/mol. The molecule has 1 saturated carbocycles. The number of ether oxygens (including phenoxy) is 1. The van der Waals surface area contributed by atoms with Gasteiger partial charge in [-0.3, -0.25) is 4.79 Å². The van der Waals surface area contributed by atoms with Crippen LogP contribution in [-0.2, 0) is 0 Å². The minimum Gasteiger partial charge on any atom is -0.475 e. The van der Waals surface area contributed by atoms with Crippen LogP contribution in [0.2, 0.25) is 0 Å². The molecular formula is C17H23N3O2. The fourth-order valence-corrected chi connectivity index (χ4v) is 3.78. The fourth-order valence-electron chi connectivity index (χ4n) is 3.78. The molecule has 1 aromatic heterocycles. The van der Waals surface area contributed by atoms with E-state index in [2.05, 4.69) is 48.1 Å². The topological polar surface area (TPSA) is 67.0 Å². The molecule has 22 heavy (non-hydrogen) atoms. The van der Waals surface area contributed by atoms with Crippen molar-refractivity contribution in [1.29, 1.82) is 0 Å². The molecule has 0 amide bonds. The molecule has 0 radical (unpaired) electrons. The summed E-state index contributed by atoms with van der Waals surface area (Å²) in [6.45, 7) is 9.23. The van der Waals surface area contributed by atoms with E-state index in [1.165, 1.54) is 6.07 Å². The van der Waals surface area contributed by atoms with E-state index in [1.54, 1.807) is 0 Å². The zero-order valence-corrected chi connectivity index (χ0v) is 13.6. The minimum atomic E-state index is -0.228. The van der Waals surface area contributed by atoms with Gasteiger partial charge in [0.2, 0.25) is 0 Å². The van der Waals surface area contributed by atoms with Gasteiger partial charge < -0.3 is 10.1 Å². The highest BCUT2D eigenvalue weighted by molar-refractivity contribution is 5.52. The molecule has 0 spiro atoms. The molecule has 2 N–H and O–H groups in total. The lowest BCUT2D eigenvalue weighted by molar-refractivity contribution is 0.0895. The van der Waals surface area contributed by atoms with E-state index < -0.39 is 0 Å². The summed E-state index contributed by atoms with van der Waals surface area (Å²) in [6.07, 6.45) is 0.982. The minimum absolute atomic E-state index is 0.215. The molecule has 3 rings (SSSR count). The number of nitrogens with zero attached hydrogens (tertiary/aromatic N) is 1. The maximum Gasteiger partial charge on any atom is 0.266 e. The molecule has 0 saturated heterocycles. The summed E-state index contributed by atoms with van der Waals surface area (Å²) in [5.74, 6) is 8.47. The van der Waals surface area contributed by atoms with Gasteiger partial charge in [0.25, 0.3) is 11.4 Å². The van der Waals surface area contributed by atoms with Gasteiger partial charge in [-0.25, -0.2) is 5.10 Å². The van der Waals surface area contributed by atoms with E-state index in [4.69, 9.17) is 4.74 Å². The number of aromatic amines is 1. The Morgan fingerprint density at radius 2 is 2.27 bits per heavy atom. The van der Waals surface area contributed by atoms with Crippen molar-refractivity contribution in [3.63, 3.8) is 0 Å². The highest BCUT2D eigenvalue weighted by Gasteiger charge is 2.49. The SMILES string of the molecule is CCOc1n[nH]c(=O)cc1N[C@@H]1C[C@@H]2C#C[C@H]([C@H]1C)C2(C)C. The summed E-state index contributed by atoms with van der Waals surface area (Å²) < 4.78 is 5.50. The van der Waals surface area contributed by atoms with E-state index >= 15 is 0 Å². The molecule has 2 aliphatic rings. The highest BCUT2D eigenvalue weighted by atomic mass is 16.5. The van der Waals surface area contributed by atoms with E-state index in [0.717, 1.165) is 6.42 Å². The first kappa shape index (κ1) is 15.0. The van der Waals surface area contributed by atoms with Crippen molar-refractivity contribution in [1.82, 2.24) is 10.2 Å². The summed E-state index contributed by atoms with van der Waals surface area (Å²) in [6, 6.07) is 1.78. The van der Waals surface area contributed by atoms with Crippen LogP contribution in [0.3, 0.4) is 0 Å². The molecule has 2 aliphatic carbocycles. The lowest BCUT2D eigenvalue weighted by Crippen LogP contribution is -2.46. The van der Waals surface area contributed by atoms with Crippen molar-refractivity contribution in [3.05, 3.63) is 16.4 Å². The number of nitrogens with one attached hydrogen (secondary N) is 2. The molecule has 5 heteroatoms. The molecule has 1 fully saturated rings. The Bertz CT molecular complexity index is 683. The number of fused-ring (bicyclic) bond motifs is 2. The second kappa shape index (κ2) is 5.35. The zero-order chi connectivity index (χ0) is 15.9. The van der Waals surface area contributed by atoms with Gasteiger partial charge in [0.1, 0.15) is 5.69 Å². The molecular weight excluding hydrogens is 278 g/mol. The van der Waals surface area contributed by atoms with Crippen LogP contribution in [0.25, 0.3) is 0 Å².